The normalized spacial score (nSPS) is 13.5. The van der Waals surface area contributed by atoms with Crippen molar-refractivity contribution in [2.24, 2.45) is 0 Å². The van der Waals surface area contributed by atoms with Gasteiger partial charge in [0.25, 0.3) is 0 Å². The van der Waals surface area contributed by atoms with Crippen LogP contribution in [0.1, 0.15) is 103 Å². The number of aliphatic hydroxyl groups is 1. The molecule has 0 saturated carbocycles. The third-order valence-corrected chi connectivity index (χ3v) is 4.60. The van der Waals surface area contributed by atoms with Crippen LogP contribution in [-0.2, 0) is 9.53 Å². The highest BCUT2D eigenvalue weighted by molar-refractivity contribution is 5.72. The van der Waals surface area contributed by atoms with Crippen molar-refractivity contribution >= 4 is 5.97 Å². The topological polar surface area (TPSA) is 66.8 Å². The van der Waals surface area contributed by atoms with E-state index in [-0.39, 0.29) is 0 Å². The average Bonchev–Trinajstić information content (AvgIpc) is 2.60. The molecule has 2 atom stereocenters. The summed E-state index contributed by atoms with van der Waals surface area (Å²) < 4.78 is 5.01. The smallest absolute Gasteiger partial charge is 0.332 e. The van der Waals surface area contributed by atoms with E-state index in [1.54, 1.807) is 0 Å². The van der Waals surface area contributed by atoms with Gasteiger partial charge in [-0.05, 0) is 12.5 Å². The Bertz CT molecular complexity index is 317. The van der Waals surface area contributed by atoms with E-state index in [9.17, 15) is 9.90 Å². The van der Waals surface area contributed by atoms with Crippen molar-refractivity contribution < 1.29 is 19.7 Å². The van der Waals surface area contributed by atoms with E-state index in [1.165, 1.54) is 76.7 Å². The molecule has 148 valence electrons. The van der Waals surface area contributed by atoms with Crippen LogP contribution in [0.25, 0.3) is 0 Å². The predicted molar refractivity (Wildman–Crippen MR) is 104 cm³/mol. The van der Waals surface area contributed by atoms with Gasteiger partial charge < -0.3 is 14.9 Å². The molecule has 0 spiro atoms. The first-order valence-corrected chi connectivity index (χ1v) is 10.3. The van der Waals surface area contributed by atoms with Gasteiger partial charge in [-0.1, -0.05) is 103 Å². The third kappa shape index (κ3) is 16.4. The summed E-state index contributed by atoms with van der Waals surface area (Å²) in [4.78, 5) is 11.0. The first-order chi connectivity index (χ1) is 12.1. The Balaban J connectivity index is 3.37. The second kappa shape index (κ2) is 17.9. The molecule has 0 radical (unpaired) electrons. The summed E-state index contributed by atoms with van der Waals surface area (Å²) in [6.45, 7) is 5.63. The molecule has 4 heteroatoms. The largest absolute Gasteiger partial charge is 0.479 e. The van der Waals surface area contributed by atoms with Crippen molar-refractivity contribution in [1.29, 1.82) is 0 Å². The number of hydrogen-bond acceptors (Lipinski definition) is 3. The molecule has 0 bridgehead atoms. The highest BCUT2D eigenvalue weighted by Crippen LogP contribution is 2.14. The van der Waals surface area contributed by atoms with Crippen LogP contribution in [0.2, 0.25) is 0 Å². The van der Waals surface area contributed by atoms with Gasteiger partial charge in [0, 0.05) is 0 Å². The van der Waals surface area contributed by atoms with Gasteiger partial charge in [-0.2, -0.15) is 0 Å². The summed E-state index contributed by atoms with van der Waals surface area (Å²) in [5.74, 6) is -1.02. The van der Waals surface area contributed by atoms with Crippen LogP contribution in [0.4, 0.5) is 0 Å². The fourth-order valence-electron chi connectivity index (χ4n) is 3.00. The van der Waals surface area contributed by atoms with Crippen LogP contribution >= 0.6 is 0 Å². The summed E-state index contributed by atoms with van der Waals surface area (Å²) in [7, 11) is 0. The molecule has 0 aromatic carbocycles. The SMILES string of the molecule is C=CC(O)OC(CCCCCCCCCCCCCCCC)C(=O)O. The lowest BCUT2D eigenvalue weighted by Crippen LogP contribution is -2.28. The Hall–Kier alpha value is -0.870. The zero-order chi connectivity index (χ0) is 18.8. The molecule has 2 N–H and O–H groups in total. The lowest BCUT2D eigenvalue weighted by atomic mass is 10.0. The molecule has 0 rings (SSSR count). The molecular weight excluding hydrogens is 316 g/mol. The van der Waals surface area contributed by atoms with Crippen LogP contribution < -0.4 is 0 Å². The molecule has 0 fully saturated rings. The molecule has 0 aliphatic heterocycles. The fraction of sp³-hybridized carbons (Fsp3) is 0.857. The number of aliphatic carboxylic acids is 1. The minimum absolute atomic E-state index is 0.443. The van der Waals surface area contributed by atoms with E-state index < -0.39 is 18.4 Å². The molecule has 0 heterocycles. The van der Waals surface area contributed by atoms with Crippen LogP contribution in [0.5, 0.6) is 0 Å². The van der Waals surface area contributed by atoms with Crippen molar-refractivity contribution in [3.63, 3.8) is 0 Å². The molecule has 0 aliphatic rings. The molecule has 0 saturated heterocycles. The van der Waals surface area contributed by atoms with Gasteiger partial charge >= 0.3 is 5.97 Å². The van der Waals surface area contributed by atoms with Gasteiger partial charge in [0.2, 0.25) is 0 Å². The van der Waals surface area contributed by atoms with E-state index in [4.69, 9.17) is 9.84 Å². The highest BCUT2D eigenvalue weighted by atomic mass is 16.6. The van der Waals surface area contributed by atoms with Gasteiger partial charge in [0.1, 0.15) is 0 Å². The van der Waals surface area contributed by atoms with Crippen LogP contribution in [-0.4, -0.2) is 28.6 Å². The Kier molecular flexibility index (Phi) is 17.3. The Labute approximate surface area is 154 Å². The first kappa shape index (κ1) is 24.1. The molecule has 0 aliphatic carbocycles. The number of aliphatic hydroxyl groups excluding tert-OH is 1. The number of carboxylic acids is 1. The van der Waals surface area contributed by atoms with E-state index in [0.717, 1.165) is 19.3 Å². The second-order valence-electron chi connectivity index (χ2n) is 6.97. The Morgan fingerprint density at radius 1 is 0.880 bits per heavy atom. The highest BCUT2D eigenvalue weighted by Gasteiger charge is 2.19. The van der Waals surface area contributed by atoms with Crippen molar-refractivity contribution in [1.82, 2.24) is 0 Å². The fourth-order valence-corrected chi connectivity index (χ4v) is 3.00. The zero-order valence-electron chi connectivity index (χ0n) is 16.3. The van der Waals surface area contributed by atoms with E-state index in [2.05, 4.69) is 13.5 Å². The summed E-state index contributed by atoms with van der Waals surface area (Å²) in [5.41, 5.74) is 0. The summed E-state index contributed by atoms with van der Waals surface area (Å²) in [6, 6.07) is 0. The molecule has 0 aromatic rings. The number of unbranched alkanes of at least 4 members (excludes halogenated alkanes) is 13. The van der Waals surface area contributed by atoms with Gasteiger partial charge in [-0.3, -0.25) is 0 Å². The molecule has 2 unspecified atom stereocenters. The van der Waals surface area contributed by atoms with Crippen molar-refractivity contribution in [2.75, 3.05) is 0 Å². The number of hydrogen-bond donors (Lipinski definition) is 2. The van der Waals surface area contributed by atoms with Crippen molar-refractivity contribution in [3.05, 3.63) is 12.7 Å². The predicted octanol–water partition coefficient (Wildman–Crippen LogP) is 5.83. The number of carboxylic acid groups (broad SMARTS) is 1. The van der Waals surface area contributed by atoms with Gasteiger partial charge in [-0.25, -0.2) is 4.79 Å². The van der Waals surface area contributed by atoms with E-state index in [1.807, 2.05) is 0 Å². The monoisotopic (exact) mass is 356 g/mol. The minimum atomic E-state index is -1.20. The lowest BCUT2D eigenvalue weighted by molar-refractivity contribution is -0.167. The third-order valence-electron chi connectivity index (χ3n) is 4.60. The number of rotatable bonds is 19. The Morgan fingerprint density at radius 2 is 1.28 bits per heavy atom. The van der Waals surface area contributed by atoms with Crippen molar-refractivity contribution in [3.8, 4) is 0 Å². The molecule has 4 nitrogen and oxygen atoms in total. The summed E-state index contributed by atoms with van der Waals surface area (Å²) in [5, 5.41) is 18.3. The maximum atomic E-state index is 11.0. The standard InChI is InChI=1S/C21H40O4/c1-3-5-6-7-8-9-10-11-12-13-14-15-16-17-18-19(21(23)24)25-20(22)4-2/h4,19-20,22H,2-3,5-18H2,1H3,(H,23,24). The van der Waals surface area contributed by atoms with Crippen molar-refractivity contribution in [2.45, 2.75) is 116 Å². The first-order valence-electron chi connectivity index (χ1n) is 10.3. The summed E-state index contributed by atoms with van der Waals surface area (Å²) >= 11 is 0. The lowest BCUT2D eigenvalue weighted by Gasteiger charge is -2.15. The maximum Gasteiger partial charge on any atom is 0.332 e. The zero-order valence-corrected chi connectivity index (χ0v) is 16.3. The average molecular weight is 357 g/mol. The number of carbonyl (C=O) groups is 1. The molecular formula is C21H40O4. The molecule has 0 amide bonds. The quantitative estimate of drug-likeness (QED) is 0.173. The Morgan fingerprint density at radius 3 is 1.64 bits per heavy atom. The van der Waals surface area contributed by atoms with E-state index in [0.29, 0.717) is 6.42 Å². The van der Waals surface area contributed by atoms with Gasteiger partial charge in [-0.15, -0.1) is 0 Å². The second-order valence-corrected chi connectivity index (χ2v) is 6.97. The maximum absolute atomic E-state index is 11.0. The van der Waals surface area contributed by atoms with Crippen LogP contribution in [0, 0.1) is 0 Å². The van der Waals surface area contributed by atoms with E-state index >= 15 is 0 Å². The van der Waals surface area contributed by atoms with Crippen LogP contribution in [0.3, 0.4) is 0 Å². The van der Waals surface area contributed by atoms with Crippen LogP contribution in [0.15, 0.2) is 12.7 Å². The minimum Gasteiger partial charge on any atom is -0.479 e. The molecule has 0 aromatic heterocycles. The molecule has 25 heavy (non-hydrogen) atoms. The van der Waals surface area contributed by atoms with Gasteiger partial charge in [0.05, 0.1) is 0 Å². The number of ether oxygens (including phenoxy) is 1. The summed E-state index contributed by atoms with van der Waals surface area (Å²) in [6.07, 6.45) is 17.3. The van der Waals surface area contributed by atoms with Gasteiger partial charge in [0.15, 0.2) is 12.4 Å².